The number of hydrogen-bond donors (Lipinski definition) is 2. The number of rotatable bonds is 5. The maximum atomic E-state index is 9.93. The molecule has 0 atom stereocenters. The van der Waals surface area contributed by atoms with Crippen molar-refractivity contribution in [2.75, 3.05) is 18.0 Å². The number of aromatic nitrogens is 3. The van der Waals surface area contributed by atoms with Crippen molar-refractivity contribution in [1.29, 1.82) is 0 Å². The van der Waals surface area contributed by atoms with Gasteiger partial charge in [-0.05, 0) is 26.0 Å². The highest BCUT2D eigenvalue weighted by Crippen LogP contribution is 2.31. The van der Waals surface area contributed by atoms with Crippen LogP contribution < -0.4 is 4.90 Å². The van der Waals surface area contributed by atoms with Gasteiger partial charge < -0.3 is 10.0 Å². The summed E-state index contributed by atoms with van der Waals surface area (Å²) >= 11 is 0. The summed E-state index contributed by atoms with van der Waals surface area (Å²) in [6.07, 6.45) is 1.34. The molecule has 1 aromatic heterocycles. The second-order valence-corrected chi connectivity index (χ2v) is 3.85. The van der Waals surface area contributed by atoms with Gasteiger partial charge in [-0.1, -0.05) is 0 Å². The minimum Gasteiger partial charge on any atom is -0.506 e. The second-order valence-electron chi connectivity index (χ2n) is 3.85. The van der Waals surface area contributed by atoms with Crippen LogP contribution in [0.1, 0.15) is 13.8 Å². The standard InChI is InChI=1S/C12H16N6O/c1-3-18(4-2)9-5-6-10(11(19)7-9)15-17-12-13-8-14-16-12/h5-8,19H,3-4H2,1-2H3,(H,13,14,16). The number of hydrogen-bond acceptors (Lipinski definition) is 6. The first-order valence-electron chi connectivity index (χ1n) is 6.09. The van der Waals surface area contributed by atoms with Crippen molar-refractivity contribution >= 4 is 17.3 Å². The molecule has 0 amide bonds. The minimum atomic E-state index is 0.0904. The zero-order valence-electron chi connectivity index (χ0n) is 10.9. The highest BCUT2D eigenvalue weighted by Gasteiger charge is 2.06. The number of H-pyrrole nitrogens is 1. The number of anilines is 1. The zero-order valence-corrected chi connectivity index (χ0v) is 10.9. The largest absolute Gasteiger partial charge is 0.506 e. The van der Waals surface area contributed by atoms with Crippen molar-refractivity contribution in [3.05, 3.63) is 24.5 Å². The molecule has 0 saturated heterocycles. The summed E-state index contributed by atoms with van der Waals surface area (Å²) in [6.45, 7) is 5.90. The van der Waals surface area contributed by atoms with Crippen molar-refractivity contribution in [2.45, 2.75) is 13.8 Å². The van der Waals surface area contributed by atoms with Crippen molar-refractivity contribution in [1.82, 2.24) is 15.2 Å². The zero-order chi connectivity index (χ0) is 13.7. The van der Waals surface area contributed by atoms with Gasteiger partial charge in [0.15, 0.2) is 0 Å². The Morgan fingerprint density at radius 3 is 2.63 bits per heavy atom. The van der Waals surface area contributed by atoms with Crippen molar-refractivity contribution in [3.63, 3.8) is 0 Å². The molecule has 2 N–H and O–H groups in total. The molecule has 7 nitrogen and oxygen atoms in total. The van der Waals surface area contributed by atoms with Crippen LogP contribution in [-0.2, 0) is 0 Å². The predicted molar refractivity (Wildman–Crippen MR) is 72.2 cm³/mol. The van der Waals surface area contributed by atoms with E-state index in [1.54, 1.807) is 12.1 Å². The van der Waals surface area contributed by atoms with E-state index in [0.29, 0.717) is 11.6 Å². The lowest BCUT2D eigenvalue weighted by molar-refractivity contribution is 0.476. The number of azo groups is 1. The molecular formula is C12H16N6O. The monoisotopic (exact) mass is 260 g/mol. The molecule has 0 spiro atoms. The summed E-state index contributed by atoms with van der Waals surface area (Å²) in [5.74, 6) is 0.389. The molecular weight excluding hydrogens is 244 g/mol. The molecule has 7 heteroatoms. The number of benzene rings is 1. The average Bonchev–Trinajstić information content (AvgIpc) is 2.92. The van der Waals surface area contributed by atoms with Crippen LogP contribution in [0.4, 0.5) is 17.3 Å². The molecule has 0 bridgehead atoms. The fraction of sp³-hybridized carbons (Fsp3) is 0.333. The molecule has 2 aromatic rings. The quantitative estimate of drug-likeness (QED) is 0.809. The Balaban J connectivity index is 2.20. The molecule has 0 saturated carbocycles. The number of aromatic amines is 1. The smallest absolute Gasteiger partial charge is 0.264 e. The molecule has 0 aliphatic rings. The highest BCUT2D eigenvalue weighted by atomic mass is 16.3. The lowest BCUT2D eigenvalue weighted by Crippen LogP contribution is -2.21. The van der Waals surface area contributed by atoms with Crippen LogP contribution in [0.2, 0.25) is 0 Å². The summed E-state index contributed by atoms with van der Waals surface area (Å²) in [4.78, 5) is 5.95. The van der Waals surface area contributed by atoms with E-state index >= 15 is 0 Å². The van der Waals surface area contributed by atoms with Gasteiger partial charge in [-0.15, -0.1) is 10.2 Å². The Bertz CT molecular complexity index is 547. The van der Waals surface area contributed by atoms with Gasteiger partial charge in [0.1, 0.15) is 17.8 Å². The van der Waals surface area contributed by atoms with Crippen LogP contribution in [0, 0.1) is 0 Å². The highest BCUT2D eigenvalue weighted by molar-refractivity contribution is 5.61. The van der Waals surface area contributed by atoms with E-state index in [4.69, 9.17) is 0 Å². The van der Waals surface area contributed by atoms with E-state index in [-0.39, 0.29) is 5.75 Å². The molecule has 19 heavy (non-hydrogen) atoms. The Labute approximate surface area is 111 Å². The normalized spacial score (nSPS) is 11.1. The van der Waals surface area contributed by atoms with E-state index < -0.39 is 0 Å². The van der Waals surface area contributed by atoms with E-state index in [2.05, 4.69) is 44.2 Å². The third kappa shape index (κ3) is 3.06. The molecule has 0 radical (unpaired) electrons. The lowest BCUT2D eigenvalue weighted by atomic mass is 10.2. The summed E-state index contributed by atoms with van der Waals surface area (Å²) in [5.41, 5.74) is 1.36. The van der Waals surface area contributed by atoms with Crippen LogP contribution in [-0.4, -0.2) is 33.4 Å². The van der Waals surface area contributed by atoms with Gasteiger partial charge >= 0.3 is 0 Å². The Hall–Kier alpha value is -2.44. The SMILES string of the molecule is CCN(CC)c1ccc(N=Nc2ncn[nH]2)c(O)c1. The Kier molecular flexibility index (Phi) is 4.07. The van der Waals surface area contributed by atoms with Crippen LogP contribution in [0.5, 0.6) is 5.75 Å². The first kappa shape index (κ1) is 13.0. The summed E-state index contributed by atoms with van der Waals surface area (Å²) in [6, 6.07) is 5.31. The molecule has 1 aromatic carbocycles. The topological polar surface area (TPSA) is 89.8 Å². The average molecular weight is 260 g/mol. The number of nitrogens with one attached hydrogen (secondary N) is 1. The fourth-order valence-corrected chi connectivity index (χ4v) is 1.73. The molecule has 100 valence electrons. The molecule has 0 unspecified atom stereocenters. The van der Waals surface area contributed by atoms with Crippen molar-refractivity contribution < 1.29 is 5.11 Å². The number of nitrogens with zero attached hydrogens (tertiary/aromatic N) is 5. The Morgan fingerprint density at radius 1 is 1.26 bits per heavy atom. The summed E-state index contributed by atoms with van der Waals surface area (Å²) < 4.78 is 0. The fourth-order valence-electron chi connectivity index (χ4n) is 1.73. The molecule has 0 fully saturated rings. The lowest BCUT2D eigenvalue weighted by Gasteiger charge is -2.21. The predicted octanol–water partition coefficient (Wildman–Crippen LogP) is 2.77. The number of phenols is 1. The first-order valence-corrected chi connectivity index (χ1v) is 6.09. The van der Waals surface area contributed by atoms with Gasteiger partial charge in [-0.3, -0.25) is 0 Å². The van der Waals surface area contributed by atoms with Crippen LogP contribution in [0.15, 0.2) is 34.8 Å². The van der Waals surface area contributed by atoms with E-state index in [0.717, 1.165) is 18.8 Å². The van der Waals surface area contributed by atoms with Gasteiger partial charge in [-0.2, -0.15) is 10.1 Å². The van der Waals surface area contributed by atoms with Crippen LogP contribution >= 0.6 is 0 Å². The molecule has 2 rings (SSSR count). The van der Waals surface area contributed by atoms with E-state index in [1.807, 2.05) is 6.07 Å². The van der Waals surface area contributed by atoms with E-state index in [1.165, 1.54) is 6.33 Å². The van der Waals surface area contributed by atoms with Crippen LogP contribution in [0.3, 0.4) is 0 Å². The van der Waals surface area contributed by atoms with Crippen molar-refractivity contribution in [2.24, 2.45) is 10.2 Å². The summed E-state index contributed by atoms with van der Waals surface area (Å²) in [7, 11) is 0. The molecule has 1 heterocycles. The number of phenolic OH excluding ortho intramolecular Hbond substituents is 1. The van der Waals surface area contributed by atoms with Gasteiger partial charge in [0, 0.05) is 24.8 Å². The molecule has 0 aliphatic carbocycles. The van der Waals surface area contributed by atoms with Crippen LogP contribution in [0.25, 0.3) is 0 Å². The van der Waals surface area contributed by atoms with Crippen molar-refractivity contribution in [3.8, 4) is 5.75 Å². The summed E-state index contributed by atoms with van der Waals surface area (Å²) in [5, 5.41) is 23.9. The van der Waals surface area contributed by atoms with Gasteiger partial charge in [0.2, 0.25) is 0 Å². The maximum absolute atomic E-state index is 9.93. The maximum Gasteiger partial charge on any atom is 0.264 e. The minimum absolute atomic E-state index is 0.0904. The third-order valence-corrected chi connectivity index (χ3v) is 2.74. The number of aromatic hydroxyl groups is 1. The second kappa shape index (κ2) is 5.94. The molecule has 0 aliphatic heterocycles. The van der Waals surface area contributed by atoms with Gasteiger partial charge in [-0.25, -0.2) is 5.10 Å². The van der Waals surface area contributed by atoms with E-state index in [9.17, 15) is 5.11 Å². The third-order valence-electron chi connectivity index (χ3n) is 2.74. The first-order chi connectivity index (χ1) is 9.24. The van der Waals surface area contributed by atoms with Gasteiger partial charge in [0.05, 0.1) is 0 Å². The van der Waals surface area contributed by atoms with Gasteiger partial charge in [0.25, 0.3) is 5.95 Å². The Morgan fingerprint density at radius 2 is 2.05 bits per heavy atom.